The Balaban J connectivity index is 0.00000180. The molecule has 2 heterocycles. The van der Waals surface area contributed by atoms with E-state index >= 15 is 0 Å². The molecule has 0 radical (unpaired) electrons. The molecule has 1 aliphatic rings. The van der Waals surface area contributed by atoms with Crippen LogP contribution in [0.1, 0.15) is 54.8 Å². The minimum atomic E-state index is 0. The average molecular weight is 283 g/mol. The van der Waals surface area contributed by atoms with Crippen molar-refractivity contribution in [3.05, 3.63) is 28.1 Å². The Morgan fingerprint density at radius 1 is 1.11 bits per heavy atom. The van der Waals surface area contributed by atoms with Crippen LogP contribution < -0.4 is 0 Å². The zero-order valence-corrected chi connectivity index (χ0v) is 13.9. The fraction of sp³-hybridized carbons (Fsp3) is 0.688. The lowest BCUT2D eigenvalue weighted by molar-refractivity contribution is 0.163. The van der Waals surface area contributed by atoms with Crippen molar-refractivity contribution < 1.29 is 0 Å². The summed E-state index contributed by atoms with van der Waals surface area (Å²) in [5.41, 5.74) is 6.87. The Hall–Kier alpha value is -0.600. The highest BCUT2D eigenvalue weighted by Gasteiger charge is 2.39. The van der Waals surface area contributed by atoms with Gasteiger partial charge in [-0.3, -0.25) is 9.88 Å². The predicted molar refractivity (Wildman–Crippen MR) is 84.3 cm³/mol. The first-order valence-electron chi connectivity index (χ1n) is 7.11. The summed E-state index contributed by atoms with van der Waals surface area (Å²) in [4.78, 5) is 7.38. The summed E-state index contributed by atoms with van der Waals surface area (Å²) in [5, 5.41) is 0. The minimum Gasteiger partial charge on any atom is -0.294 e. The number of hydrogen-bond acceptors (Lipinski definition) is 2. The molecule has 1 fully saturated rings. The van der Waals surface area contributed by atoms with Crippen LogP contribution in [0.5, 0.6) is 0 Å². The first-order chi connectivity index (χ1) is 8.41. The van der Waals surface area contributed by atoms with Gasteiger partial charge in [-0.1, -0.05) is 6.92 Å². The van der Waals surface area contributed by atoms with E-state index in [1.807, 2.05) is 0 Å². The summed E-state index contributed by atoms with van der Waals surface area (Å²) in [6.07, 6.45) is 2.56. The molecule has 0 aliphatic carbocycles. The third-order valence-electron chi connectivity index (χ3n) is 4.89. The molecule has 108 valence electrons. The maximum atomic E-state index is 4.77. The van der Waals surface area contributed by atoms with Crippen LogP contribution in [0.2, 0.25) is 0 Å². The zero-order chi connectivity index (χ0) is 13.5. The fourth-order valence-electron chi connectivity index (χ4n) is 3.72. The van der Waals surface area contributed by atoms with Crippen LogP contribution in [-0.4, -0.2) is 23.0 Å². The van der Waals surface area contributed by atoms with E-state index in [4.69, 9.17) is 4.98 Å². The second kappa shape index (κ2) is 5.80. The van der Waals surface area contributed by atoms with Gasteiger partial charge < -0.3 is 0 Å². The van der Waals surface area contributed by atoms with Crippen LogP contribution in [0.25, 0.3) is 0 Å². The van der Waals surface area contributed by atoms with Crippen LogP contribution in [0.15, 0.2) is 0 Å². The maximum Gasteiger partial charge on any atom is 0.0453 e. The Labute approximate surface area is 124 Å². The van der Waals surface area contributed by atoms with Crippen molar-refractivity contribution in [1.29, 1.82) is 0 Å². The van der Waals surface area contributed by atoms with E-state index in [9.17, 15) is 0 Å². The molecule has 1 atom stereocenters. The first-order valence-corrected chi connectivity index (χ1v) is 7.11. The monoisotopic (exact) mass is 282 g/mol. The molecule has 1 aliphatic heterocycles. The molecule has 1 aromatic rings. The van der Waals surface area contributed by atoms with Gasteiger partial charge in [-0.2, -0.15) is 0 Å². The number of nitrogens with zero attached hydrogens (tertiary/aromatic N) is 2. The Morgan fingerprint density at radius 2 is 1.74 bits per heavy atom. The predicted octanol–water partition coefficient (Wildman–Crippen LogP) is 4.07. The summed E-state index contributed by atoms with van der Waals surface area (Å²) in [5.74, 6) is 0. The van der Waals surface area contributed by atoms with Gasteiger partial charge in [-0.15, -0.1) is 12.4 Å². The molecule has 1 saturated heterocycles. The molecule has 0 aromatic carbocycles. The zero-order valence-electron chi connectivity index (χ0n) is 13.1. The topological polar surface area (TPSA) is 16.1 Å². The molecular formula is C16H27ClN2. The van der Waals surface area contributed by atoms with Gasteiger partial charge in [0.25, 0.3) is 0 Å². The fourth-order valence-corrected chi connectivity index (χ4v) is 3.72. The molecular weight excluding hydrogens is 256 g/mol. The molecule has 0 bridgehead atoms. The second-order valence-electron chi connectivity index (χ2n) is 5.86. The highest BCUT2D eigenvalue weighted by atomic mass is 35.5. The Kier molecular flexibility index (Phi) is 5.02. The van der Waals surface area contributed by atoms with Crippen molar-refractivity contribution in [3.63, 3.8) is 0 Å². The van der Waals surface area contributed by atoms with E-state index in [1.165, 1.54) is 47.5 Å². The van der Waals surface area contributed by atoms with Crippen molar-refractivity contribution in [3.8, 4) is 0 Å². The molecule has 3 heteroatoms. The van der Waals surface area contributed by atoms with Crippen molar-refractivity contribution in [2.24, 2.45) is 0 Å². The smallest absolute Gasteiger partial charge is 0.0453 e. The Morgan fingerprint density at radius 3 is 2.32 bits per heavy atom. The van der Waals surface area contributed by atoms with E-state index < -0.39 is 0 Å². The minimum absolute atomic E-state index is 0. The molecule has 0 amide bonds. The van der Waals surface area contributed by atoms with Crippen molar-refractivity contribution >= 4 is 12.4 Å². The van der Waals surface area contributed by atoms with Crippen LogP contribution in [0.4, 0.5) is 0 Å². The summed E-state index contributed by atoms with van der Waals surface area (Å²) in [7, 11) is 0. The quantitative estimate of drug-likeness (QED) is 0.813. The second-order valence-corrected chi connectivity index (χ2v) is 5.86. The van der Waals surface area contributed by atoms with Gasteiger partial charge >= 0.3 is 0 Å². The standard InChI is InChI=1S/C16H26N2.ClH/c1-7-18-10-8-9-16(18,6)15-12(3)11(2)13(4)17-14(15)5;/h7-10H2,1-6H3;1H. The van der Waals surface area contributed by atoms with Gasteiger partial charge in [0.15, 0.2) is 0 Å². The molecule has 2 nitrogen and oxygen atoms in total. The first kappa shape index (κ1) is 16.5. The van der Waals surface area contributed by atoms with E-state index in [1.54, 1.807) is 0 Å². The van der Waals surface area contributed by atoms with E-state index in [-0.39, 0.29) is 17.9 Å². The van der Waals surface area contributed by atoms with Crippen molar-refractivity contribution in [2.75, 3.05) is 13.1 Å². The van der Waals surface area contributed by atoms with Gasteiger partial charge in [-0.05, 0) is 77.2 Å². The highest BCUT2D eigenvalue weighted by molar-refractivity contribution is 5.85. The lowest BCUT2D eigenvalue weighted by atomic mass is 9.83. The Bertz CT molecular complexity index is 470. The largest absolute Gasteiger partial charge is 0.294 e. The molecule has 1 unspecified atom stereocenters. The highest BCUT2D eigenvalue weighted by Crippen LogP contribution is 2.41. The van der Waals surface area contributed by atoms with Gasteiger partial charge in [-0.25, -0.2) is 0 Å². The van der Waals surface area contributed by atoms with Crippen LogP contribution in [-0.2, 0) is 5.54 Å². The summed E-state index contributed by atoms with van der Waals surface area (Å²) >= 11 is 0. The summed E-state index contributed by atoms with van der Waals surface area (Å²) < 4.78 is 0. The van der Waals surface area contributed by atoms with Gasteiger partial charge in [0, 0.05) is 16.9 Å². The van der Waals surface area contributed by atoms with E-state index in [0.717, 1.165) is 6.54 Å². The van der Waals surface area contributed by atoms with Crippen molar-refractivity contribution in [1.82, 2.24) is 9.88 Å². The van der Waals surface area contributed by atoms with Crippen LogP contribution >= 0.6 is 12.4 Å². The third-order valence-corrected chi connectivity index (χ3v) is 4.89. The van der Waals surface area contributed by atoms with Crippen LogP contribution in [0.3, 0.4) is 0 Å². The van der Waals surface area contributed by atoms with E-state index in [2.05, 4.69) is 46.4 Å². The lowest BCUT2D eigenvalue weighted by Crippen LogP contribution is -2.40. The number of halogens is 1. The molecule has 19 heavy (non-hydrogen) atoms. The van der Waals surface area contributed by atoms with E-state index in [0.29, 0.717) is 0 Å². The number of aryl methyl sites for hydroxylation is 2. The molecule has 0 saturated carbocycles. The molecule has 2 rings (SSSR count). The number of likely N-dealkylation sites (tertiary alicyclic amines) is 1. The van der Waals surface area contributed by atoms with Crippen molar-refractivity contribution in [2.45, 2.75) is 59.9 Å². The number of pyridine rings is 1. The van der Waals surface area contributed by atoms with Gasteiger partial charge in [0.2, 0.25) is 0 Å². The number of rotatable bonds is 2. The maximum absolute atomic E-state index is 4.77. The normalized spacial score (nSPS) is 23.5. The van der Waals surface area contributed by atoms with Gasteiger partial charge in [0.1, 0.15) is 0 Å². The molecule has 0 N–H and O–H groups in total. The van der Waals surface area contributed by atoms with Gasteiger partial charge in [0.05, 0.1) is 0 Å². The SMILES string of the molecule is CCN1CCCC1(C)c1c(C)nc(C)c(C)c1C.Cl. The third kappa shape index (κ3) is 2.53. The lowest BCUT2D eigenvalue weighted by Gasteiger charge is -2.37. The number of aromatic nitrogens is 1. The van der Waals surface area contributed by atoms with Crippen LogP contribution in [0, 0.1) is 27.7 Å². The summed E-state index contributed by atoms with van der Waals surface area (Å²) in [6, 6.07) is 0. The number of hydrogen-bond donors (Lipinski definition) is 0. The molecule has 0 spiro atoms. The summed E-state index contributed by atoms with van der Waals surface area (Å²) in [6.45, 7) is 15.8. The molecule has 1 aromatic heterocycles. The average Bonchev–Trinajstić information content (AvgIpc) is 2.68.